The van der Waals surface area contributed by atoms with Crippen molar-refractivity contribution in [2.24, 2.45) is 5.92 Å². The number of aliphatic hydroxyl groups excluding tert-OH is 1. The number of nitrogens with zero attached hydrogens (tertiary/aromatic N) is 2. The predicted molar refractivity (Wildman–Crippen MR) is 73.9 cm³/mol. The normalized spacial score (nSPS) is 26.5. The van der Waals surface area contributed by atoms with Gasteiger partial charge in [-0.25, -0.2) is 4.98 Å². The van der Waals surface area contributed by atoms with Crippen LogP contribution in [0.1, 0.15) is 30.8 Å². The van der Waals surface area contributed by atoms with Crippen LogP contribution in [0.5, 0.6) is 0 Å². The molecule has 6 nitrogen and oxygen atoms in total. The molecule has 1 aromatic heterocycles. The number of aliphatic hydroxyl groups is 1. The van der Waals surface area contributed by atoms with Crippen molar-refractivity contribution in [1.29, 1.82) is 0 Å². The van der Waals surface area contributed by atoms with E-state index in [1.807, 2.05) is 6.92 Å². The monoisotopic (exact) mass is 281 g/mol. The van der Waals surface area contributed by atoms with Gasteiger partial charge in [0.15, 0.2) is 0 Å². The van der Waals surface area contributed by atoms with Crippen molar-refractivity contribution in [2.75, 3.05) is 14.2 Å². The zero-order valence-corrected chi connectivity index (χ0v) is 12.3. The molecule has 2 N–H and O–H groups in total. The van der Waals surface area contributed by atoms with E-state index in [0.29, 0.717) is 25.8 Å². The van der Waals surface area contributed by atoms with Crippen LogP contribution in [-0.4, -0.2) is 52.2 Å². The van der Waals surface area contributed by atoms with Gasteiger partial charge in [-0.2, -0.15) is 0 Å². The van der Waals surface area contributed by atoms with Gasteiger partial charge in [-0.15, -0.1) is 0 Å². The van der Waals surface area contributed by atoms with E-state index in [-0.39, 0.29) is 17.9 Å². The van der Waals surface area contributed by atoms with Crippen molar-refractivity contribution in [3.05, 3.63) is 17.7 Å². The highest BCUT2D eigenvalue weighted by molar-refractivity contribution is 5.78. The zero-order chi connectivity index (χ0) is 14.7. The summed E-state index contributed by atoms with van der Waals surface area (Å²) in [5.74, 6) is 0.801. The average Bonchev–Trinajstić information content (AvgIpc) is 2.83. The average molecular weight is 281 g/mol. The number of rotatable bonds is 4. The second kappa shape index (κ2) is 6.37. The molecule has 0 aliphatic heterocycles. The molecular formula is C14H23N3O3. The fourth-order valence-corrected chi connectivity index (χ4v) is 2.75. The summed E-state index contributed by atoms with van der Waals surface area (Å²) < 4.78 is 5.25. The largest absolute Gasteiger partial charge is 0.390 e. The summed E-state index contributed by atoms with van der Waals surface area (Å²) in [4.78, 5) is 21.4. The van der Waals surface area contributed by atoms with Crippen LogP contribution in [0.25, 0.3) is 0 Å². The molecular weight excluding hydrogens is 258 g/mol. The minimum atomic E-state index is -0.456. The quantitative estimate of drug-likeness (QED) is 0.857. The maximum atomic E-state index is 12.4. The summed E-state index contributed by atoms with van der Waals surface area (Å²) in [6.45, 7) is 2.41. The number of imidazole rings is 1. The first kappa shape index (κ1) is 15.0. The maximum Gasteiger partial charge on any atom is 0.225 e. The van der Waals surface area contributed by atoms with Gasteiger partial charge in [0, 0.05) is 32.0 Å². The van der Waals surface area contributed by atoms with Gasteiger partial charge in [0.2, 0.25) is 5.91 Å². The van der Waals surface area contributed by atoms with Crippen molar-refractivity contribution in [1.82, 2.24) is 14.9 Å². The van der Waals surface area contributed by atoms with Gasteiger partial charge in [0.25, 0.3) is 0 Å². The van der Waals surface area contributed by atoms with Gasteiger partial charge in [0.05, 0.1) is 18.8 Å². The molecule has 1 saturated carbocycles. The van der Waals surface area contributed by atoms with Crippen LogP contribution in [0.2, 0.25) is 0 Å². The first-order valence-electron chi connectivity index (χ1n) is 6.97. The summed E-state index contributed by atoms with van der Waals surface area (Å²) in [6, 6.07) is 0. The van der Waals surface area contributed by atoms with Gasteiger partial charge in [-0.1, -0.05) is 0 Å². The zero-order valence-electron chi connectivity index (χ0n) is 12.3. The van der Waals surface area contributed by atoms with Crippen LogP contribution in [0.3, 0.4) is 0 Å². The molecule has 0 aromatic carbocycles. The minimum Gasteiger partial charge on any atom is -0.390 e. The van der Waals surface area contributed by atoms with Crippen LogP contribution in [-0.2, 0) is 16.1 Å². The number of methoxy groups -OCH3 is 1. The Labute approximate surface area is 119 Å². The lowest BCUT2D eigenvalue weighted by molar-refractivity contribution is -0.140. The molecule has 1 heterocycles. The Balaban J connectivity index is 1.93. The van der Waals surface area contributed by atoms with E-state index in [2.05, 4.69) is 9.97 Å². The Morgan fingerprint density at radius 2 is 2.35 bits per heavy atom. The molecule has 0 saturated heterocycles. The van der Waals surface area contributed by atoms with Gasteiger partial charge < -0.3 is 19.7 Å². The molecule has 1 amide bonds. The van der Waals surface area contributed by atoms with E-state index in [4.69, 9.17) is 4.74 Å². The molecule has 1 aromatic rings. The van der Waals surface area contributed by atoms with Crippen LogP contribution in [0, 0.1) is 12.8 Å². The van der Waals surface area contributed by atoms with Crippen molar-refractivity contribution < 1.29 is 14.6 Å². The molecule has 0 radical (unpaired) electrons. The fourth-order valence-electron chi connectivity index (χ4n) is 2.75. The summed E-state index contributed by atoms with van der Waals surface area (Å²) in [5, 5.41) is 9.78. The molecule has 3 atom stereocenters. The summed E-state index contributed by atoms with van der Waals surface area (Å²) >= 11 is 0. The fraction of sp³-hybridized carbons (Fsp3) is 0.714. The van der Waals surface area contributed by atoms with Crippen molar-refractivity contribution >= 4 is 5.91 Å². The molecule has 2 rings (SSSR count). The summed E-state index contributed by atoms with van der Waals surface area (Å²) in [5.41, 5.74) is 0.987. The molecule has 1 fully saturated rings. The van der Waals surface area contributed by atoms with E-state index in [9.17, 15) is 9.90 Å². The van der Waals surface area contributed by atoms with Crippen molar-refractivity contribution in [2.45, 2.75) is 44.9 Å². The van der Waals surface area contributed by atoms with E-state index >= 15 is 0 Å². The van der Waals surface area contributed by atoms with E-state index in [1.54, 1.807) is 25.3 Å². The first-order chi connectivity index (χ1) is 9.51. The Bertz CT molecular complexity index is 460. The first-order valence-corrected chi connectivity index (χ1v) is 6.97. The summed E-state index contributed by atoms with van der Waals surface area (Å²) in [7, 11) is 3.36. The number of hydrogen-bond donors (Lipinski definition) is 2. The maximum absolute atomic E-state index is 12.4. The Hall–Kier alpha value is -1.40. The molecule has 112 valence electrons. The minimum absolute atomic E-state index is 0.0793. The topological polar surface area (TPSA) is 78.5 Å². The van der Waals surface area contributed by atoms with E-state index in [0.717, 1.165) is 11.5 Å². The number of H-pyrrole nitrogens is 1. The number of hydrogen-bond acceptors (Lipinski definition) is 4. The number of aromatic nitrogens is 2. The van der Waals surface area contributed by atoms with Crippen molar-refractivity contribution in [3.8, 4) is 0 Å². The van der Waals surface area contributed by atoms with Crippen LogP contribution >= 0.6 is 0 Å². The third-order valence-corrected chi connectivity index (χ3v) is 3.93. The highest BCUT2D eigenvalue weighted by Crippen LogP contribution is 2.28. The third-order valence-electron chi connectivity index (χ3n) is 3.93. The third kappa shape index (κ3) is 3.37. The van der Waals surface area contributed by atoms with Crippen LogP contribution in [0.4, 0.5) is 0 Å². The number of aryl methyl sites for hydroxylation is 1. The molecule has 0 spiro atoms. The Morgan fingerprint density at radius 1 is 1.60 bits per heavy atom. The number of amides is 1. The van der Waals surface area contributed by atoms with E-state index in [1.165, 1.54) is 0 Å². The predicted octanol–water partition coefficient (Wildman–Crippen LogP) is 0.853. The molecule has 1 aliphatic rings. The summed E-state index contributed by atoms with van der Waals surface area (Å²) in [6.07, 6.45) is 2.96. The van der Waals surface area contributed by atoms with Gasteiger partial charge >= 0.3 is 0 Å². The Morgan fingerprint density at radius 3 is 2.95 bits per heavy atom. The van der Waals surface area contributed by atoms with Crippen molar-refractivity contribution in [3.63, 3.8) is 0 Å². The highest BCUT2D eigenvalue weighted by Gasteiger charge is 2.34. The van der Waals surface area contributed by atoms with Gasteiger partial charge in [-0.05, 0) is 26.2 Å². The second-order valence-electron chi connectivity index (χ2n) is 5.56. The highest BCUT2D eigenvalue weighted by atomic mass is 16.5. The van der Waals surface area contributed by atoms with E-state index < -0.39 is 6.10 Å². The molecule has 1 aliphatic carbocycles. The molecule has 0 bridgehead atoms. The number of aromatic amines is 1. The number of ether oxygens (including phenoxy) is 1. The van der Waals surface area contributed by atoms with Crippen LogP contribution < -0.4 is 0 Å². The number of carbonyl (C=O) groups is 1. The Kier molecular flexibility index (Phi) is 4.77. The number of nitrogens with one attached hydrogen (secondary N) is 1. The lowest BCUT2D eigenvalue weighted by Gasteiger charge is -2.33. The second-order valence-corrected chi connectivity index (χ2v) is 5.56. The standard InChI is InChI=1S/C14H23N3O3/c1-9-7-15-13(16-9)8-17(2)14(19)10-4-5-11(18)12(6-10)20-3/h7,10-12,18H,4-6,8H2,1-3H3,(H,15,16)/t10-,11+,12-/m1/s1. The lowest BCUT2D eigenvalue weighted by Crippen LogP contribution is -2.42. The lowest BCUT2D eigenvalue weighted by atomic mass is 9.84. The number of carbonyl (C=O) groups excluding carboxylic acids is 1. The molecule has 6 heteroatoms. The molecule has 0 unspecified atom stereocenters. The molecule has 20 heavy (non-hydrogen) atoms. The van der Waals surface area contributed by atoms with Crippen LogP contribution in [0.15, 0.2) is 6.20 Å². The SMILES string of the molecule is CO[C@@H]1C[C@H](C(=O)N(C)Cc2ncc(C)[nH]2)CC[C@@H]1O. The van der Waals surface area contributed by atoms with Gasteiger partial charge in [-0.3, -0.25) is 4.79 Å². The smallest absolute Gasteiger partial charge is 0.225 e. The van der Waals surface area contributed by atoms with Gasteiger partial charge in [0.1, 0.15) is 5.82 Å².